The fourth-order valence-electron chi connectivity index (χ4n) is 0.733. The molecule has 2 nitrogen and oxygen atoms in total. The van der Waals surface area contributed by atoms with E-state index in [1.165, 1.54) is 0 Å². The van der Waals surface area contributed by atoms with Crippen molar-refractivity contribution < 1.29 is 4.74 Å². The molecule has 0 aromatic rings. The summed E-state index contributed by atoms with van der Waals surface area (Å²) in [5.41, 5.74) is 0. The van der Waals surface area contributed by atoms with Crippen LogP contribution in [0.2, 0.25) is 0 Å². The normalized spacial score (nSPS) is 25.1. The standard InChI is InChI=1S/C5H11NOS/c8-6-2-1-4-7-5-3-6/h8H,1-5H2. The van der Waals surface area contributed by atoms with Gasteiger partial charge in [-0.1, -0.05) is 12.8 Å². The summed E-state index contributed by atoms with van der Waals surface area (Å²) in [4.78, 5) is 0. The van der Waals surface area contributed by atoms with Crippen molar-refractivity contribution in [1.82, 2.24) is 4.31 Å². The van der Waals surface area contributed by atoms with Crippen molar-refractivity contribution >= 4 is 12.8 Å². The number of thiol groups is 1. The smallest absolute Gasteiger partial charge is 0.0602 e. The lowest BCUT2D eigenvalue weighted by Crippen LogP contribution is -2.14. The van der Waals surface area contributed by atoms with E-state index >= 15 is 0 Å². The number of nitrogens with zero attached hydrogens (tertiary/aromatic N) is 1. The summed E-state index contributed by atoms with van der Waals surface area (Å²) in [6.07, 6.45) is 1.11. The monoisotopic (exact) mass is 133 g/mol. The van der Waals surface area contributed by atoms with Crippen LogP contribution in [0.5, 0.6) is 0 Å². The van der Waals surface area contributed by atoms with Gasteiger partial charge in [0.05, 0.1) is 6.61 Å². The van der Waals surface area contributed by atoms with E-state index in [9.17, 15) is 0 Å². The highest BCUT2D eigenvalue weighted by Gasteiger charge is 2.02. The highest BCUT2D eigenvalue weighted by molar-refractivity contribution is 7.77. The van der Waals surface area contributed by atoms with Crippen LogP contribution in [0.4, 0.5) is 0 Å². The molecule has 1 aliphatic rings. The molecule has 3 heteroatoms. The van der Waals surface area contributed by atoms with E-state index in [0.717, 1.165) is 32.7 Å². The maximum atomic E-state index is 5.17. The minimum Gasteiger partial charge on any atom is -0.380 e. The molecular weight excluding hydrogens is 122 g/mol. The van der Waals surface area contributed by atoms with Crippen molar-refractivity contribution in [2.75, 3.05) is 26.3 Å². The van der Waals surface area contributed by atoms with Gasteiger partial charge in [0, 0.05) is 19.7 Å². The number of hydrogen-bond donors (Lipinski definition) is 1. The molecule has 8 heavy (non-hydrogen) atoms. The predicted octanol–water partition coefficient (Wildman–Crippen LogP) is 0.554. The highest BCUT2D eigenvalue weighted by atomic mass is 32.1. The fourth-order valence-corrected chi connectivity index (χ4v) is 0.956. The van der Waals surface area contributed by atoms with Crippen LogP contribution in [0, 0.1) is 0 Å². The zero-order valence-electron chi connectivity index (χ0n) is 4.84. The van der Waals surface area contributed by atoms with Crippen molar-refractivity contribution in [2.45, 2.75) is 6.42 Å². The summed E-state index contributed by atoms with van der Waals surface area (Å²) < 4.78 is 7.17. The van der Waals surface area contributed by atoms with Crippen LogP contribution >= 0.6 is 12.8 Å². The Labute approximate surface area is 55.4 Å². The van der Waals surface area contributed by atoms with Crippen molar-refractivity contribution in [3.8, 4) is 0 Å². The van der Waals surface area contributed by atoms with Gasteiger partial charge >= 0.3 is 0 Å². The van der Waals surface area contributed by atoms with Gasteiger partial charge in [0.15, 0.2) is 0 Å². The Morgan fingerprint density at radius 1 is 1.25 bits per heavy atom. The Hall–Kier alpha value is 0.270. The molecule has 0 N–H and O–H groups in total. The quantitative estimate of drug-likeness (QED) is 0.485. The van der Waals surface area contributed by atoms with Crippen molar-refractivity contribution in [3.63, 3.8) is 0 Å². The summed E-state index contributed by atoms with van der Waals surface area (Å²) in [5.74, 6) is 0. The molecular formula is C5H11NOS. The molecule has 1 rings (SSSR count). The average Bonchev–Trinajstić information content (AvgIpc) is 1.94. The Kier molecular flexibility index (Phi) is 2.66. The number of ether oxygens (including phenoxy) is 1. The number of rotatable bonds is 0. The van der Waals surface area contributed by atoms with Gasteiger partial charge in [-0.2, -0.15) is 0 Å². The minimum atomic E-state index is 0.837. The van der Waals surface area contributed by atoms with Gasteiger partial charge in [-0.05, 0) is 6.42 Å². The average molecular weight is 133 g/mol. The van der Waals surface area contributed by atoms with Crippen LogP contribution in [-0.4, -0.2) is 30.6 Å². The van der Waals surface area contributed by atoms with Gasteiger partial charge in [-0.15, -0.1) is 0 Å². The van der Waals surface area contributed by atoms with Crippen LogP contribution in [0.15, 0.2) is 0 Å². The van der Waals surface area contributed by atoms with E-state index in [2.05, 4.69) is 12.8 Å². The molecule has 1 saturated heterocycles. The first-order valence-electron chi connectivity index (χ1n) is 2.91. The second-order valence-electron chi connectivity index (χ2n) is 1.92. The van der Waals surface area contributed by atoms with Crippen molar-refractivity contribution in [1.29, 1.82) is 0 Å². The van der Waals surface area contributed by atoms with Crippen LogP contribution in [0.3, 0.4) is 0 Å². The summed E-state index contributed by atoms with van der Waals surface area (Å²) >= 11 is 4.18. The van der Waals surface area contributed by atoms with Crippen LogP contribution in [0.1, 0.15) is 6.42 Å². The van der Waals surface area contributed by atoms with Crippen LogP contribution < -0.4 is 0 Å². The molecule has 0 radical (unpaired) electrons. The minimum absolute atomic E-state index is 0.837. The molecule has 0 unspecified atom stereocenters. The van der Waals surface area contributed by atoms with Gasteiger partial charge < -0.3 is 4.74 Å². The molecule has 0 amide bonds. The van der Waals surface area contributed by atoms with E-state index in [0.29, 0.717) is 0 Å². The lowest BCUT2D eigenvalue weighted by atomic mass is 10.5. The Balaban J connectivity index is 2.17. The topological polar surface area (TPSA) is 12.5 Å². The largest absolute Gasteiger partial charge is 0.380 e. The van der Waals surface area contributed by atoms with Crippen molar-refractivity contribution in [2.24, 2.45) is 0 Å². The van der Waals surface area contributed by atoms with Gasteiger partial charge in [-0.25, -0.2) is 0 Å². The maximum Gasteiger partial charge on any atom is 0.0602 e. The fraction of sp³-hybridized carbons (Fsp3) is 1.00. The second kappa shape index (κ2) is 3.33. The second-order valence-corrected chi connectivity index (χ2v) is 2.49. The summed E-state index contributed by atoms with van der Waals surface area (Å²) in [6, 6.07) is 0. The molecule has 48 valence electrons. The first-order chi connectivity index (χ1) is 3.89. The van der Waals surface area contributed by atoms with Crippen LogP contribution in [0.25, 0.3) is 0 Å². The van der Waals surface area contributed by atoms with Gasteiger partial charge in [-0.3, -0.25) is 4.31 Å². The summed E-state index contributed by atoms with van der Waals surface area (Å²) in [6.45, 7) is 3.76. The van der Waals surface area contributed by atoms with E-state index in [-0.39, 0.29) is 0 Å². The molecule has 1 aliphatic heterocycles. The zero-order valence-corrected chi connectivity index (χ0v) is 5.73. The lowest BCUT2D eigenvalue weighted by molar-refractivity contribution is 0.149. The molecule has 0 aromatic heterocycles. The lowest BCUT2D eigenvalue weighted by Gasteiger charge is -2.07. The molecule has 1 fully saturated rings. The molecule has 1 heterocycles. The third kappa shape index (κ3) is 2.03. The third-order valence-corrected chi connectivity index (χ3v) is 1.60. The third-order valence-electron chi connectivity index (χ3n) is 1.20. The van der Waals surface area contributed by atoms with Gasteiger partial charge in [0.1, 0.15) is 0 Å². The van der Waals surface area contributed by atoms with Crippen LogP contribution in [-0.2, 0) is 4.74 Å². The molecule has 0 aliphatic carbocycles. The van der Waals surface area contributed by atoms with Gasteiger partial charge in [0.2, 0.25) is 0 Å². The Bertz CT molecular complexity index is 61.4. The summed E-state index contributed by atoms with van der Waals surface area (Å²) in [7, 11) is 0. The predicted molar refractivity (Wildman–Crippen MR) is 36.0 cm³/mol. The highest BCUT2D eigenvalue weighted by Crippen LogP contribution is 1.99. The maximum absolute atomic E-state index is 5.17. The SMILES string of the molecule is SN1CCCOCC1. The molecule has 0 saturated carbocycles. The van der Waals surface area contributed by atoms with Crippen molar-refractivity contribution in [3.05, 3.63) is 0 Å². The molecule has 0 spiro atoms. The summed E-state index contributed by atoms with van der Waals surface area (Å²) in [5, 5.41) is 0. The number of hydrogen-bond acceptors (Lipinski definition) is 3. The van der Waals surface area contributed by atoms with E-state index in [1.807, 2.05) is 4.31 Å². The molecule has 0 atom stereocenters. The first kappa shape index (κ1) is 6.39. The van der Waals surface area contributed by atoms with E-state index in [4.69, 9.17) is 4.74 Å². The van der Waals surface area contributed by atoms with E-state index < -0.39 is 0 Å². The first-order valence-corrected chi connectivity index (χ1v) is 3.31. The Morgan fingerprint density at radius 3 is 3.00 bits per heavy atom. The molecule has 0 aromatic carbocycles. The van der Waals surface area contributed by atoms with E-state index in [1.54, 1.807) is 0 Å². The Morgan fingerprint density at radius 2 is 2.12 bits per heavy atom. The zero-order chi connectivity index (χ0) is 5.82. The van der Waals surface area contributed by atoms with Gasteiger partial charge in [0.25, 0.3) is 0 Å². The molecule has 0 bridgehead atoms.